The number of carbonyl (C=O) groups excluding carboxylic acids is 1. The monoisotopic (exact) mass is 374 g/mol. The number of nitrogens with zero attached hydrogens (tertiary/aromatic N) is 1. The summed E-state index contributed by atoms with van der Waals surface area (Å²) in [5.41, 5.74) is 8.34. The van der Waals surface area contributed by atoms with Gasteiger partial charge in [-0.25, -0.2) is 0 Å². The van der Waals surface area contributed by atoms with E-state index in [4.69, 9.17) is 10.5 Å². The van der Waals surface area contributed by atoms with Crippen molar-refractivity contribution in [1.82, 2.24) is 4.90 Å². The lowest BCUT2D eigenvalue weighted by Gasteiger charge is -2.22. The van der Waals surface area contributed by atoms with Gasteiger partial charge in [-0.05, 0) is 49.6 Å². The summed E-state index contributed by atoms with van der Waals surface area (Å²) in [5, 5.41) is 0. The Morgan fingerprint density at radius 2 is 1.92 bits per heavy atom. The summed E-state index contributed by atoms with van der Waals surface area (Å²) in [7, 11) is 0. The van der Waals surface area contributed by atoms with Crippen LogP contribution in [-0.4, -0.2) is 36.5 Å². The maximum atomic E-state index is 12.8. The number of ether oxygens (including phenoxy) is 1. The molecular weight excluding hydrogens is 348 g/mol. The number of aryl methyl sites for hydroxylation is 1. The molecule has 1 unspecified atom stereocenters. The lowest BCUT2D eigenvalue weighted by molar-refractivity contribution is -0.137. The number of carbonyl (C=O) groups is 1. The number of hydrogen-bond acceptors (Lipinski definition) is 3. The molecule has 3 atom stereocenters. The quantitative estimate of drug-likeness (QED) is 0.872. The molecule has 2 aromatic rings. The van der Waals surface area contributed by atoms with Crippen molar-refractivity contribution in [3.63, 3.8) is 0 Å². The van der Waals surface area contributed by atoms with Gasteiger partial charge in [0.2, 0.25) is 0 Å². The second kappa shape index (κ2) is 9.06. The minimum Gasteiger partial charge on any atom is -0.481 e. The van der Waals surface area contributed by atoms with Crippen LogP contribution < -0.4 is 10.5 Å². The van der Waals surface area contributed by atoms with Gasteiger partial charge in [-0.3, -0.25) is 4.79 Å². The first-order valence-corrected chi connectivity index (χ1v) is 8.85. The minimum atomic E-state index is -0.505. The largest absolute Gasteiger partial charge is 0.481 e. The van der Waals surface area contributed by atoms with Crippen molar-refractivity contribution in [2.24, 2.45) is 11.7 Å². The van der Waals surface area contributed by atoms with Crippen LogP contribution in [0.4, 0.5) is 0 Å². The van der Waals surface area contributed by atoms with E-state index in [0.29, 0.717) is 25.6 Å². The molecule has 0 radical (unpaired) electrons. The van der Waals surface area contributed by atoms with Crippen molar-refractivity contribution in [1.29, 1.82) is 0 Å². The predicted octanol–water partition coefficient (Wildman–Crippen LogP) is 3.39. The normalized spacial score (nSPS) is 20.3. The third kappa shape index (κ3) is 4.57. The SMILES string of the molecule is Cc1cccc(OC(C)C(=O)N2C[C@@H](CN)[C@H](c3ccccc3)C2)c1.Cl. The van der Waals surface area contributed by atoms with Gasteiger partial charge in [0.15, 0.2) is 6.10 Å². The van der Waals surface area contributed by atoms with Crippen LogP contribution in [0.5, 0.6) is 5.75 Å². The van der Waals surface area contributed by atoms with Crippen molar-refractivity contribution in [2.75, 3.05) is 19.6 Å². The van der Waals surface area contributed by atoms with E-state index in [2.05, 4.69) is 12.1 Å². The van der Waals surface area contributed by atoms with E-state index in [1.165, 1.54) is 5.56 Å². The van der Waals surface area contributed by atoms with Crippen molar-refractivity contribution >= 4 is 18.3 Å². The molecule has 1 heterocycles. The molecule has 1 aliphatic rings. The van der Waals surface area contributed by atoms with Crippen molar-refractivity contribution in [3.8, 4) is 5.75 Å². The minimum absolute atomic E-state index is 0. The van der Waals surface area contributed by atoms with Crippen LogP contribution in [0.3, 0.4) is 0 Å². The Morgan fingerprint density at radius 3 is 2.58 bits per heavy atom. The van der Waals surface area contributed by atoms with Crippen LogP contribution in [0, 0.1) is 12.8 Å². The first-order valence-electron chi connectivity index (χ1n) is 8.85. The second-order valence-corrected chi connectivity index (χ2v) is 6.83. The Labute approximate surface area is 161 Å². The molecule has 0 bridgehead atoms. The molecule has 4 nitrogen and oxygen atoms in total. The number of amides is 1. The third-order valence-electron chi connectivity index (χ3n) is 4.93. The zero-order valence-electron chi connectivity index (χ0n) is 15.3. The van der Waals surface area contributed by atoms with Gasteiger partial charge in [-0.1, -0.05) is 42.5 Å². The molecule has 140 valence electrons. The summed E-state index contributed by atoms with van der Waals surface area (Å²) in [6, 6.07) is 18.1. The van der Waals surface area contributed by atoms with E-state index in [1.807, 2.05) is 61.2 Å². The molecule has 2 N–H and O–H groups in total. The third-order valence-corrected chi connectivity index (χ3v) is 4.93. The highest BCUT2D eigenvalue weighted by atomic mass is 35.5. The first-order chi connectivity index (χ1) is 12.1. The summed E-state index contributed by atoms with van der Waals surface area (Å²) in [5.74, 6) is 1.34. The first kappa shape index (κ1) is 20.3. The van der Waals surface area contributed by atoms with Gasteiger partial charge in [0.1, 0.15) is 5.75 Å². The van der Waals surface area contributed by atoms with E-state index in [-0.39, 0.29) is 24.2 Å². The molecule has 0 aliphatic carbocycles. The fourth-order valence-electron chi connectivity index (χ4n) is 3.57. The molecule has 3 rings (SSSR count). The molecule has 5 heteroatoms. The van der Waals surface area contributed by atoms with Crippen LogP contribution >= 0.6 is 12.4 Å². The molecule has 0 spiro atoms. The molecule has 1 fully saturated rings. The van der Waals surface area contributed by atoms with Crippen molar-refractivity contribution < 1.29 is 9.53 Å². The average Bonchev–Trinajstić information content (AvgIpc) is 3.06. The summed E-state index contributed by atoms with van der Waals surface area (Å²) in [6.07, 6.45) is -0.505. The summed E-state index contributed by atoms with van der Waals surface area (Å²) < 4.78 is 5.86. The fourth-order valence-corrected chi connectivity index (χ4v) is 3.57. The number of benzene rings is 2. The Bertz CT molecular complexity index is 723. The highest BCUT2D eigenvalue weighted by Crippen LogP contribution is 2.32. The maximum absolute atomic E-state index is 12.8. The van der Waals surface area contributed by atoms with Gasteiger partial charge >= 0.3 is 0 Å². The summed E-state index contributed by atoms with van der Waals surface area (Å²) in [6.45, 7) is 5.80. The summed E-state index contributed by atoms with van der Waals surface area (Å²) >= 11 is 0. The number of halogens is 1. The Morgan fingerprint density at radius 1 is 1.19 bits per heavy atom. The highest BCUT2D eigenvalue weighted by Gasteiger charge is 2.37. The van der Waals surface area contributed by atoms with Crippen LogP contribution in [0.2, 0.25) is 0 Å². The van der Waals surface area contributed by atoms with Gasteiger partial charge in [0, 0.05) is 19.0 Å². The standard InChI is InChI=1S/C21H26N2O2.ClH/c1-15-7-6-10-19(11-15)25-16(2)21(24)23-13-18(12-22)20(14-23)17-8-4-3-5-9-17;/h3-11,16,18,20H,12-14,22H2,1-2H3;1H/t16?,18-,20+;/m1./s1. The van der Waals surface area contributed by atoms with E-state index in [9.17, 15) is 4.79 Å². The molecule has 1 aliphatic heterocycles. The second-order valence-electron chi connectivity index (χ2n) is 6.83. The van der Waals surface area contributed by atoms with E-state index < -0.39 is 6.10 Å². The van der Waals surface area contributed by atoms with Crippen LogP contribution in [0.1, 0.15) is 24.0 Å². The van der Waals surface area contributed by atoms with Gasteiger partial charge in [-0.2, -0.15) is 0 Å². The van der Waals surface area contributed by atoms with Crippen LogP contribution in [0.25, 0.3) is 0 Å². The van der Waals surface area contributed by atoms with Gasteiger partial charge in [-0.15, -0.1) is 12.4 Å². The molecule has 2 aromatic carbocycles. The lowest BCUT2D eigenvalue weighted by atomic mass is 9.89. The molecule has 26 heavy (non-hydrogen) atoms. The fraction of sp³-hybridized carbons (Fsp3) is 0.381. The molecule has 1 amide bonds. The molecular formula is C21H27ClN2O2. The van der Waals surface area contributed by atoms with Gasteiger partial charge in [0.25, 0.3) is 5.91 Å². The summed E-state index contributed by atoms with van der Waals surface area (Å²) in [4.78, 5) is 14.7. The molecule has 0 aromatic heterocycles. The van der Waals surface area contributed by atoms with Crippen LogP contribution in [-0.2, 0) is 4.79 Å². The maximum Gasteiger partial charge on any atom is 0.263 e. The van der Waals surface area contributed by atoms with Gasteiger partial charge < -0.3 is 15.4 Å². The van der Waals surface area contributed by atoms with Crippen LogP contribution in [0.15, 0.2) is 54.6 Å². The Balaban J connectivity index is 0.00000243. The molecule has 1 saturated heterocycles. The predicted molar refractivity (Wildman–Crippen MR) is 107 cm³/mol. The van der Waals surface area contributed by atoms with E-state index in [1.54, 1.807) is 0 Å². The number of likely N-dealkylation sites (tertiary alicyclic amines) is 1. The van der Waals surface area contributed by atoms with E-state index in [0.717, 1.165) is 11.3 Å². The number of rotatable bonds is 5. The highest BCUT2D eigenvalue weighted by molar-refractivity contribution is 5.85. The Kier molecular flexibility index (Phi) is 7.06. The molecule has 0 saturated carbocycles. The van der Waals surface area contributed by atoms with Gasteiger partial charge in [0.05, 0.1) is 0 Å². The van der Waals surface area contributed by atoms with E-state index >= 15 is 0 Å². The number of hydrogen-bond donors (Lipinski definition) is 1. The topological polar surface area (TPSA) is 55.6 Å². The zero-order valence-corrected chi connectivity index (χ0v) is 16.1. The number of nitrogens with two attached hydrogens (primary N) is 1. The Hall–Kier alpha value is -2.04. The average molecular weight is 375 g/mol. The lowest BCUT2D eigenvalue weighted by Crippen LogP contribution is -2.39. The van der Waals surface area contributed by atoms with Crippen molar-refractivity contribution in [3.05, 3.63) is 65.7 Å². The van der Waals surface area contributed by atoms with Crippen molar-refractivity contribution in [2.45, 2.75) is 25.9 Å². The zero-order chi connectivity index (χ0) is 17.8. The smallest absolute Gasteiger partial charge is 0.263 e.